The SMILES string of the molecule is O=C1CCC(N2Cc3cc(C4CCN(CC5[C@H]6CN(c7ccc(-c8cnc9[nH]cc(C(=O)c%10c(F)ccc(NS(=O)(=O)N%11CC[C@@H](F)C%11)c%10F)c9c8)cc7)C[C@@H]56)CC4)ccc3C2=O)C(=O)N1. The van der Waals surface area contributed by atoms with Crippen LogP contribution in [0.3, 0.4) is 0 Å². The fraction of sp³-hybridized carbons (Fsp3) is 0.396. The molecule has 3 aromatic carbocycles. The maximum Gasteiger partial charge on any atom is 0.301 e. The van der Waals surface area contributed by atoms with Gasteiger partial charge in [0, 0.05) is 85.8 Å². The summed E-state index contributed by atoms with van der Waals surface area (Å²) in [6, 6.07) is 17.1. The lowest BCUT2D eigenvalue weighted by Crippen LogP contribution is -2.52. The Morgan fingerprint density at radius 1 is 0.879 bits per heavy atom. The summed E-state index contributed by atoms with van der Waals surface area (Å²) in [5, 5.41) is 2.71. The minimum atomic E-state index is -4.35. The summed E-state index contributed by atoms with van der Waals surface area (Å²) >= 11 is 0. The third-order valence-electron chi connectivity index (χ3n) is 14.8. The number of carbonyl (C=O) groups excluding carboxylic acids is 4. The molecule has 1 saturated carbocycles. The van der Waals surface area contributed by atoms with E-state index in [1.807, 2.05) is 22.9 Å². The van der Waals surface area contributed by atoms with Crippen LogP contribution in [0.1, 0.15) is 75.4 Å². The Labute approximate surface area is 378 Å². The summed E-state index contributed by atoms with van der Waals surface area (Å²) in [7, 11) is -4.35. The van der Waals surface area contributed by atoms with E-state index < -0.39 is 57.0 Å². The first-order valence-corrected chi connectivity index (χ1v) is 24.0. The van der Waals surface area contributed by atoms with E-state index in [1.165, 1.54) is 11.8 Å². The van der Waals surface area contributed by atoms with Gasteiger partial charge in [0.1, 0.15) is 23.7 Å². The Morgan fingerprint density at radius 3 is 2.38 bits per heavy atom. The van der Waals surface area contributed by atoms with E-state index in [9.17, 15) is 32.0 Å². The smallest absolute Gasteiger partial charge is 0.301 e. The van der Waals surface area contributed by atoms with Crippen molar-refractivity contribution in [2.24, 2.45) is 17.8 Å². The van der Waals surface area contributed by atoms with Gasteiger partial charge in [-0.1, -0.05) is 24.3 Å². The Kier molecular flexibility index (Phi) is 10.5. The number of hydrogen-bond acceptors (Lipinski definition) is 9. The van der Waals surface area contributed by atoms with Gasteiger partial charge in [0.15, 0.2) is 5.82 Å². The lowest BCUT2D eigenvalue weighted by molar-refractivity contribution is -0.136. The average molecular weight is 921 g/mol. The van der Waals surface area contributed by atoms with Crippen LogP contribution in [0.4, 0.5) is 24.5 Å². The maximum atomic E-state index is 15.8. The van der Waals surface area contributed by atoms with Gasteiger partial charge < -0.3 is 19.7 Å². The molecule has 18 heteroatoms. The van der Waals surface area contributed by atoms with Crippen molar-refractivity contribution >= 4 is 56.1 Å². The fourth-order valence-corrected chi connectivity index (χ4v) is 12.3. The van der Waals surface area contributed by atoms with Crippen LogP contribution in [0.15, 0.2) is 73.1 Å². The van der Waals surface area contributed by atoms with Gasteiger partial charge in [-0.15, -0.1) is 0 Å². The number of nitrogens with zero attached hydrogens (tertiary/aromatic N) is 5. The van der Waals surface area contributed by atoms with Crippen LogP contribution < -0.4 is 14.9 Å². The standard InChI is InChI=1S/C48H47F3N8O6S/c49-31-13-16-58(22-31)66(64,65)55-40-8-7-39(50)43(44(40)51)45(61)35-20-53-46-34(35)18-29(19-52-46)26-1-4-32(5-2-26)57-24-37-36(38(37)25-57)23-56-14-11-27(12-15-56)28-3-6-33-30(17-28)21-59(48(33)63)41-9-10-42(60)54-47(41)62/h1-8,17-20,27,31,36-38,41,55H,9-16,21-25H2,(H,52,53)(H,54,60,62)/t31-,36?,37-,38+,41?/m1/s1. The Balaban J connectivity index is 0.689. The van der Waals surface area contributed by atoms with Gasteiger partial charge in [0.25, 0.3) is 5.91 Å². The molecule has 11 rings (SSSR count). The molecule has 342 valence electrons. The number of fused-ring (bicyclic) bond motifs is 3. The second-order valence-electron chi connectivity index (χ2n) is 18.6. The molecule has 3 amide bonds. The van der Waals surface area contributed by atoms with Crippen molar-refractivity contribution in [1.82, 2.24) is 29.4 Å². The molecule has 5 aliphatic heterocycles. The third kappa shape index (κ3) is 7.61. The summed E-state index contributed by atoms with van der Waals surface area (Å²) in [6.45, 7) is 5.04. The number of aromatic amines is 1. The normalized spacial score (nSPS) is 24.8. The molecule has 7 heterocycles. The molecule has 0 bridgehead atoms. The van der Waals surface area contributed by atoms with Gasteiger partial charge in [0.05, 0.1) is 11.3 Å². The van der Waals surface area contributed by atoms with Gasteiger partial charge >= 0.3 is 10.2 Å². The van der Waals surface area contributed by atoms with Crippen molar-refractivity contribution in [1.29, 1.82) is 0 Å². The summed E-state index contributed by atoms with van der Waals surface area (Å²) in [6.07, 6.45) is 4.33. The predicted molar refractivity (Wildman–Crippen MR) is 239 cm³/mol. The van der Waals surface area contributed by atoms with Crippen LogP contribution in [-0.4, -0.2) is 114 Å². The molecule has 6 aliphatic rings. The molecule has 2 aromatic heterocycles. The zero-order valence-electron chi connectivity index (χ0n) is 35.8. The summed E-state index contributed by atoms with van der Waals surface area (Å²) < 4.78 is 73.1. The van der Waals surface area contributed by atoms with Gasteiger partial charge in [-0.3, -0.25) is 29.2 Å². The minimum Gasteiger partial charge on any atom is -0.371 e. The minimum absolute atomic E-state index is 0.00551. The second-order valence-corrected chi connectivity index (χ2v) is 20.3. The first-order chi connectivity index (χ1) is 31.8. The number of piperidine rings is 3. The number of aromatic nitrogens is 2. The van der Waals surface area contributed by atoms with Gasteiger partial charge in [-0.25, -0.2) is 18.2 Å². The van der Waals surface area contributed by atoms with E-state index in [4.69, 9.17) is 0 Å². The van der Waals surface area contributed by atoms with Crippen LogP contribution in [0.5, 0.6) is 0 Å². The summed E-state index contributed by atoms with van der Waals surface area (Å²) in [4.78, 5) is 65.1. The van der Waals surface area contributed by atoms with Crippen molar-refractivity contribution in [3.05, 3.63) is 113 Å². The quantitative estimate of drug-likeness (QED) is 0.110. The molecular formula is C48H47F3N8O6S. The Hall–Kier alpha value is -6.11. The highest BCUT2D eigenvalue weighted by Crippen LogP contribution is 2.53. The van der Waals surface area contributed by atoms with Gasteiger partial charge in [0.2, 0.25) is 17.6 Å². The van der Waals surface area contributed by atoms with E-state index in [1.54, 1.807) is 17.2 Å². The molecule has 5 atom stereocenters. The number of imide groups is 1. The first-order valence-electron chi connectivity index (χ1n) is 22.6. The van der Waals surface area contributed by atoms with E-state index in [-0.39, 0.29) is 43.3 Å². The first kappa shape index (κ1) is 42.5. The number of anilines is 2. The zero-order valence-corrected chi connectivity index (χ0v) is 36.6. The molecule has 3 N–H and O–H groups in total. The highest BCUT2D eigenvalue weighted by atomic mass is 32.2. The number of amides is 3. The molecule has 2 unspecified atom stereocenters. The van der Waals surface area contributed by atoms with Crippen LogP contribution in [0.25, 0.3) is 22.2 Å². The molecule has 0 spiro atoms. The molecule has 5 aromatic rings. The molecule has 66 heavy (non-hydrogen) atoms. The fourth-order valence-electron chi connectivity index (χ4n) is 11.0. The van der Waals surface area contributed by atoms with Crippen molar-refractivity contribution in [3.63, 3.8) is 0 Å². The number of hydrogen-bond donors (Lipinski definition) is 3. The highest BCUT2D eigenvalue weighted by Gasteiger charge is 2.56. The maximum absolute atomic E-state index is 15.8. The van der Waals surface area contributed by atoms with Crippen LogP contribution in [-0.2, 0) is 26.3 Å². The van der Waals surface area contributed by atoms with E-state index in [0.717, 1.165) is 78.8 Å². The zero-order chi connectivity index (χ0) is 45.6. The largest absolute Gasteiger partial charge is 0.371 e. The number of halogens is 3. The van der Waals surface area contributed by atoms with E-state index in [0.29, 0.717) is 58.8 Å². The Bertz CT molecular complexity index is 2930. The number of pyridine rings is 1. The number of nitrogens with one attached hydrogen (secondary N) is 3. The van der Waals surface area contributed by atoms with Gasteiger partial charge in [-0.05, 0) is 116 Å². The molecular weight excluding hydrogens is 874 g/mol. The van der Waals surface area contributed by atoms with E-state index >= 15 is 8.78 Å². The number of rotatable bonds is 11. The number of H-pyrrole nitrogens is 1. The number of carbonyl (C=O) groups is 4. The summed E-state index contributed by atoms with van der Waals surface area (Å²) in [5.41, 5.74) is 4.23. The van der Waals surface area contributed by atoms with Crippen molar-refractivity contribution in [2.75, 3.05) is 55.4 Å². The Morgan fingerprint density at radius 2 is 1.65 bits per heavy atom. The lowest BCUT2D eigenvalue weighted by atomic mass is 9.87. The van der Waals surface area contributed by atoms with Crippen LogP contribution >= 0.6 is 0 Å². The number of ketones is 1. The number of likely N-dealkylation sites (tertiary alicyclic amines) is 1. The van der Waals surface area contributed by atoms with Crippen molar-refractivity contribution < 1.29 is 40.8 Å². The second kappa shape index (κ2) is 16.3. The molecule has 4 saturated heterocycles. The van der Waals surface area contributed by atoms with Crippen LogP contribution in [0, 0.1) is 29.4 Å². The highest BCUT2D eigenvalue weighted by molar-refractivity contribution is 7.90. The molecule has 0 radical (unpaired) electrons. The summed E-state index contributed by atoms with van der Waals surface area (Å²) in [5.74, 6) is -2.00. The van der Waals surface area contributed by atoms with Gasteiger partial charge in [-0.2, -0.15) is 12.7 Å². The lowest BCUT2D eigenvalue weighted by Gasteiger charge is -2.33. The number of alkyl halides is 1. The molecule has 5 fully saturated rings. The van der Waals surface area contributed by atoms with Crippen LogP contribution in [0.2, 0.25) is 0 Å². The molecule has 14 nitrogen and oxygen atoms in total. The number of benzene rings is 3. The van der Waals surface area contributed by atoms with Crippen molar-refractivity contribution in [2.45, 2.75) is 56.8 Å². The third-order valence-corrected chi connectivity index (χ3v) is 16.3. The van der Waals surface area contributed by atoms with Crippen molar-refractivity contribution in [3.8, 4) is 11.1 Å². The predicted octanol–water partition coefficient (Wildman–Crippen LogP) is 5.76. The van der Waals surface area contributed by atoms with E-state index in [2.05, 4.69) is 49.4 Å². The molecule has 1 aliphatic carbocycles. The average Bonchev–Trinajstić information content (AvgIpc) is 3.88. The topological polar surface area (TPSA) is 168 Å². The monoisotopic (exact) mass is 920 g/mol.